The summed E-state index contributed by atoms with van der Waals surface area (Å²) in [5, 5.41) is 0. The first-order valence-electron chi connectivity index (χ1n) is 4.14. The van der Waals surface area contributed by atoms with Crippen molar-refractivity contribution in [3.05, 3.63) is 18.2 Å². The minimum atomic E-state index is -3.69. The predicted octanol–water partition coefficient (Wildman–Crippen LogP) is 0.569. The molecular formula is C9H10O6S. The van der Waals surface area contributed by atoms with Crippen molar-refractivity contribution in [2.45, 2.75) is 0 Å². The van der Waals surface area contributed by atoms with Crippen LogP contribution >= 0.6 is 0 Å². The van der Waals surface area contributed by atoms with E-state index in [9.17, 15) is 13.2 Å². The van der Waals surface area contributed by atoms with Gasteiger partial charge in [-0.05, 0) is 12.1 Å². The van der Waals surface area contributed by atoms with E-state index in [2.05, 4.69) is 8.92 Å². The Kier molecular flexibility index (Phi) is 3.73. The second-order valence-corrected chi connectivity index (χ2v) is 4.36. The smallest absolute Gasteiger partial charge is 0.306 e. The fourth-order valence-corrected chi connectivity index (χ4v) is 1.51. The maximum Gasteiger partial charge on any atom is 0.306 e. The maximum absolute atomic E-state index is 10.9. The molecule has 0 aliphatic heterocycles. The van der Waals surface area contributed by atoms with Crippen LogP contribution in [0.2, 0.25) is 0 Å². The van der Waals surface area contributed by atoms with E-state index in [0.717, 1.165) is 6.26 Å². The summed E-state index contributed by atoms with van der Waals surface area (Å²) < 4.78 is 36.0. The Morgan fingerprint density at radius 2 is 1.88 bits per heavy atom. The lowest BCUT2D eigenvalue weighted by Crippen LogP contribution is -2.07. The van der Waals surface area contributed by atoms with Gasteiger partial charge in [0.15, 0.2) is 11.5 Å². The van der Waals surface area contributed by atoms with E-state index >= 15 is 0 Å². The number of benzene rings is 1. The van der Waals surface area contributed by atoms with Gasteiger partial charge in [0.1, 0.15) is 0 Å². The molecule has 0 fully saturated rings. The summed E-state index contributed by atoms with van der Waals surface area (Å²) in [5.74, 6) is 0.0209. The molecule has 0 radical (unpaired) electrons. The van der Waals surface area contributed by atoms with Gasteiger partial charge in [-0.15, -0.1) is 0 Å². The van der Waals surface area contributed by atoms with E-state index in [1.807, 2.05) is 0 Å². The minimum absolute atomic E-state index is 0.0783. The van der Waals surface area contributed by atoms with Crippen LogP contribution in [0, 0.1) is 0 Å². The summed E-state index contributed by atoms with van der Waals surface area (Å²) in [5.41, 5.74) is 0. The van der Waals surface area contributed by atoms with Crippen molar-refractivity contribution in [2.75, 3.05) is 13.4 Å². The first-order chi connectivity index (χ1) is 7.48. The number of hydrogen-bond acceptors (Lipinski definition) is 6. The van der Waals surface area contributed by atoms with Crippen molar-refractivity contribution in [1.29, 1.82) is 0 Å². The molecule has 0 saturated heterocycles. The van der Waals surface area contributed by atoms with Crippen LogP contribution in [-0.4, -0.2) is 28.3 Å². The molecule has 0 amide bonds. The molecule has 16 heavy (non-hydrogen) atoms. The largest absolute Gasteiger partial charge is 0.493 e. The van der Waals surface area contributed by atoms with Crippen molar-refractivity contribution < 1.29 is 26.9 Å². The summed E-state index contributed by atoms with van der Waals surface area (Å²) in [6.07, 6.45) is 0.886. The first-order valence-corrected chi connectivity index (χ1v) is 5.96. The molecule has 7 heteroatoms. The molecule has 1 aromatic carbocycles. The zero-order valence-corrected chi connectivity index (χ0v) is 9.48. The van der Waals surface area contributed by atoms with Crippen LogP contribution in [0.5, 0.6) is 17.2 Å². The Labute approximate surface area is 92.9 Å². The Hall–Kier alpha value is -1.76. The van der Waals surface area contributed by atoms with Crippen LogP contribution in [-0.2, 0) is 14.9 Å². The number of carbonyl (C=O) groups excluding carboxylic acids is 1. The molecule has 0 unspecified atom stereocenters. The van der Waals surface area contributed by atoms with Crippen LogP contribution in [0.4, 0.5) is 0 Å². The zero-order chi connectivity index (χ0) is 12.2. The maximum atomic E-state index is 10.9. The van der Waals surface area contributed by atoms with Gasteiger partial charge in [0.05, 0.1) is 13.4 Å². The normalized spacial score (nSPS) is 10.6. The monoisotopic (exact) mass is 246 g/mol. The van der Waals surface area contributed by atoms with Gasteiger partial charge >= 0.3 is 10.1 Å². The fraction of sp³-hybridized carbons (Fsp3) is 0.222. The van der Waals surface area contributed by atoms with Crippen LogP contribution < -0.4 is 13.7 Å². The Bertz CT molecular complexity index is 479. The second-order valence-electron chi connectivity index (χ2n) is 2.79. The van der Waals surface area contributed by atoms with Gasteiger partial charge in [-0.25, -0.2) is 0 Å². The topological polar surface area (TPSA) is 78.9 Å². The first kappa shape index (κ1) is 12.3. The second kappa shape index (κ2) is 4.84. The van der Waals surface area contributed by atoms with Crippen molar-refractivity contribution in [3.8, 4) is 17.2 Å². The molecule has 0 atom stereocenters. The highest BCUT2D eigenvalue weighted by Gasteiger charge is 2.15. The molecule has 0 bridgehead atoms. The van der Waals surface area contributed by atoms with E-state index < -0.39 is 10.1 Å². The number of methoxy groups -OCH3 is 1. The third kappa shape index (κ3) is 3.13. The van der Waals surface area contributed by atoms with Crippen molar-refractivity contribution >= 4 is 16.6 Å². The Morgan fingerprint density at radius 3 is 2.38 bits per heavy atom. The molecular weight excluding hydrogens is 236 g/mol. The molecule has 0 spiro atoms. The lowest BCUT2D eigenvalue weighted by Gasteiger charge is -2.10. The van der Waals surface area contributed by atoms with Crippen molar-refractivity contribution in [1.82, 2.24) is 0 Å². The number of rotatable bonds is 5. The van der Waals surface area contributed by atoms with Gasteiger partial charge in [-0.1, -0.05) is 6.07 Å². The molecule has 0 aliphatic carbocycles. The number of para-hydroxylation sites is 1. The van der Waals surface area contributed by atoms with Gasteiger partial charge in [-0.3, -0.25) is 4.79 Å². The quantitative estimate of drug-likeness (QED) is 0.558. The molecule has 1 rings (SSSR count). The predicted molar refractivity (Wildman–Crippen MR) is 55.2 cm³/mol. The number of ether oxygens (including phenoxy) is 2. The molecule has 0 aromatic heterocycles. The van der Waals surface area contributed by atoms with Crippen LogP contribution in [0.3, 0.4) is 0 Å². The highest BCUT2D eigenvalue weighted by atomic mass is 32.2. The van der Waals surface area contributed by atoms with Gasteiger partial charge in [0.2, 0.25) is 5.75 Å². The summed E-state index contributed by atoms with van der Waals surface area (Å²) in [6, 6.07) is 4.37. The standard InChI is InChI=1S/C9H10O6S/c1-13-7-4-3-5-8(9(7)14-6-10)15-16(2,11)12/h3-6H,1-2H3. The highest BCUT2D eigenvalue weighted by molar-refractivity contribution is 7.86. The summed E-state index contributed by atoms with van der Waals surface area (Å²) >= 11 is 0. The third-order valence-corrected chi connectivity index (χ3v) is 2.05. The molecule has 1 aromatic rings. The highest BCUT2D eigenvalue weighted by Crippen LogP contribution is 2.37. The summed E-state index contributed by atoms with van der Waals surface area (Å²) in [4.78, 5) is 10.3. The number of carbonyl (C=O) groups is 1. The van der Waals surface area contributed by atoms with Gasteiger partial charge < -0.3 is 13.7 Å². The molecule has 0 N–H and O–H groups in total. The van der Waals surface area contributed by atoms with Crippen LogP contribution in [0.25, 0.3) is 0 Å². The van der Waals surface area contributed by atoms with E-state index in [0.29, 0.717) is 0 Å². The van der Waals surface area contributed by atoms with Crippen LogP contribution in [0.15, 0.2) is 18.2 Å². The third-order valence-electron chi connectivity index (χ3n) is 1.57. The Morgan fingerprint density at radius 1 is 1.25 bits per heavy atom. The molecule has 6 nitrogen and oxygen atoms in total. The lowest BCUT2D eigenvalue weighted by molar-refractivity contribution is -0.120. The molecule has 0 saturated carbocycles. The Balaban J connectivity index is 3.21. The van der Waals surface area contributed by atoms with Gasteiger partial charge in [0.25, 0.3) is 6.47 Å². The lowest BCUT2D eigenvalue weighted by atomic mass is 10.3. The molecule has 0 aliphatic rings. The zero-order valence-electron chi connectivity index (χ0n) is 8.67. The van der Waals surface area contributed by atoms with E-state index in [4.69, 9.17) is 4.74 Å². The summed E-state index contributed by atoms with van der Waals surface area (Å²) in [7, 11) is -2.34. The van der Waals surface area contributed by atoms with E-state index in [-0.39, 0.29) is 23.7 Å². The van der Waals surface area contributed by atoms with Crippen LogP contribution in [0.1, 0.15) is 0 Å². The average Bonchev–Trinajstić information content (AvgIpc) is 2.18. The molecule has 0 heterocycles. The van der Waals surface area contributed by atoms with Gasteiger partial charge in [-0.2, -0.15) is 8.42 Å². The van der Waals surface area contributed by atoms with E-state index in [1.165, 1.54) is 25.3 Å². The summed E-state index contributed by atoms with van der Waals surface area (Å²) in [6.45, 7) is 0.160. The minimum Gasteiger partial charge on any atom is -0.493 e. The number of hydrogen-bond donors (Lipinski definition) is 0. The molecule has 88 valence electrons. The fourth-order valence-electron chi connectivity index (χ4n) is 1.05. The SMILES string of the molecule is COc1cccc(OS(C)(=O)=O)c1OC=O. The van der Waals surface area contributed by atoms with Crippen molar-refractivity contribution in [2.24, 2.45) is 0 Å². The average molecular weight is 246 g/mol. The van der Waals surface area contributed by atoms with Crippen molar-refractivity contribution in [3.63, 3.8) is 0 Å². The van der Waals surface area contributed by atoms with E-state index in [1.54, 1.807) is 0 Å². The van der Waals surface area contributed by atoms with Gasteiger partial charge in [0, 0.05) is 0 Å².